The Kier molecular flexibility index (Phi) is 5.21. The number of piperazine rings is 1. The average molecular weight is 426 g/mol. The number of nitrogens with zero attached hydrogens (tertiary/aromatic N) is 5. The van der Waals surface area contributed by atoms with Crippen LogP contribution in [0.15, 0.2) is 60.7 Å². The smallest absolute Gasteiger partial charge is 0.255 e. The summed E-state index contributed by atoms with van der Waals surface area (Å²) in [4.78, 5) is 31.0. The van der Waals surface area contributed by atoms with E-state index in [1.807, 2.05) is 17.0 Å². The summed E-state index contributed by atoms with van der Waals surface area (Å²) < 4.78 is 0. The number of aromatic nitrogens is 3. The number of carbonyl (C=O) groups excluding carboxylic acids is 1. The number of fused-ring (bicyclic) bond motifs is 2. The Labute approximate surface area is 188 Å². The molecule has 3 aromatic rings. The third-order valence-corrected chi connectivity index (χ3v) is 6.18. The zero-order valence-electron chi connectivity index (χ0n) is 18.7. The van der Waals surface area contributed by atoms with Crippen molar-refractivity contribution in [2.24, 2.45) is 0 Å². The summed E-state index contributed by atoms with van der Waals surface area (Å²) in [5, 5.41) is 0. The Hall–Kier alpha value is -3.54. The Morgan fingerprint density at radius 1 is 1.06 bits per heavy atom. The normalized spacial score (nSPS) is 17.8. The van der Waals surface area contributed by atoms with Crippen LogP contribution < -0.4 is 0 Å². The van der Waals surface area contributed by atoms with Gasteiger partial charge in [0.2, 0.25) is 0 Å². The molecule has 0 bridgehead atoms. The van der Waals surface area contributed by atoms with Gasteiger partial charge in [0.25, 0.3) is 5.91 Å². The highest BCUT2D eigenvalue weighted by atomic mass is 16.2. The highest BCUT2D eigenvalue weighted by molar-refractivity contribution is 5.96. The van der Waals surface area contributed by atoms with Crippen LogP contribution in [-0.2, 0) is 6.42 Å². The van der Waals surface area contributed by atoms with Gasteiger partial charge in [0, 0.05) is 56.3 Å². The molecule has 1 unspecified atom stereocenters. The molecule has 0 saturated carbocycles. The monoisotopic (exact) mass is 425 g/mol. The largest absolute Gasteiger partial charge is 0.371 e. The molecule has 1 aromatic carbocycles. The van der Waals surface area contributed by atoms with Crippen molar-refractivity contribution in [3.63, 3.8) is 0 Å². The minimum atomic E-state index is 0.0552. The van der Waals surface area contributed by atoms with Gasteiger partial charge in [0.05, 0.1) is 22.3 Å². The van der Waals surface area contributed by atoms with Crippen molar-refractivity contribution in [2.75, 3.05) is 19.6 Å². The van der Waals surface area contributed by atoms with E-state index in [9.17, 15) is 4.79 Å². The van der Waals surface area contributed by atoms with Crippen molar-refractivity contribution < 1.29 is 4.79 Å². The van der Waals surface area contributed by atoms with E-state index in [1.54, 1.807) is 18.6 Å². The molecule has 2 aromatic heterocycles. The van der Waals surface area contributed by atoms with E-state index in [4.69, 9.17) is 0 Å². The molecule has 162 valence electrons. The fourth-order valence-corrected chi connectivity index (χ4v) is 4.58. The highest BCUT2D eigenvalue weighted by Gasteiger charge is 2.27. The molecule has 6 nitrogen and oxygen atoms in total. The van der Waals surface area contributed by atoms with Gasteiger partial charge in [-0.05, 0) is 56.3 Å². The first kappa shape index (κ1) is 20.4. The number of benzene rings is 1. The highest BCUT2D eigenvalue weighted by Crippen LogP contribution is 2.33. The first-order valence-electron chi connectivity index (χ1n) is 11.1. The summed E-state index contributed by atoms with van der Waals surface area (Å²) in [6.45, 7) is 8.66. The Morgan fingerprint density at radius 2 is 1.88 bits per heavy atom. The van der Waals surface area contributed by atoms with Crippen LogP contribution in [0.1, 0.15) is 48.0 Å². The summed E-state index contributed by atoms with van der Waals surface area (Å²) >= 11 is 0. The fourth-order valence-electron chi connectivity index (χ4n) is 4.58. The first-order chi connectivity index (χ1) is 15.5. The molecule has 32 heavy (non-hydrogen) atoms. The second-order valence-electron chi connectivity index (χ2n) is 8.84. The van der Waals surface area contributed by atoms with Crippen LogP contribution in [0.2, 0.25) is 0 Å². The lowest BCUT2D eigenvalue weighted by molar-refractivity contribution is 0.0603. The lowest BCUT2D eigenvalue weighted by atomic mass is 9.99. The molecular weight excluding hydrogens is 398 g/mol. The molecule has 2 aliphatic rings. The van der Waals surface area contributed by atoms with Crippen molar-refractivity contribution in [1.82, 2.24) is 24.8 Å². The average Bonchev–Trinajstić information content (AvgIpc) is 3.22. The number of pyridine rings is 1. The van der Waals surface area contributed by atoms with Crippen molar-refractivity contribution in [3.05, 3.63) is 83.1 Å². The predicted octanol–water partition coefficient (Wildman–Crippen LogP) is 4.08. The fraction of sp³-hybridized carbons (Fsp3) is 0.308. The molecular formula is C26H27N5O. The first-order valence-corrected chi connectivity index (χ1v) is 11.1. The summed E-state index contributed by atoms with van der Waals surface area (Å²) in [6.07, 6.45) is 10.3. The van der Waals surface area contributed by atoms with E-state index < -0.39 is 0 Å². The van der Waals surface area contributed by atoms with E-state index in [2.05, 4.69) is 65.0 Å². The van der Waals surface area contributed by atoms with Gasteiger partial charge < -0.3 is 9.80 Å². The van der Waals surface area contributed by atoms with Crippen molar-refractivity contribution in [1.29, 1.82) is 0 Å². The third-order valence-electron chi connectivity index (χ3n) is 6.18. The second-order valence-corrected chi connectivity index (χ2v) is 8.84. The molecule has 1 amide bonds. The summed E-state index contributed by atoms with van der Waals surface area (Å²) in [5.41, 5.74) is 7.90. The molecule has 1 atom stereocenters. The number of carbonyl (C=O) groups is 1. The maximum absolute atomic E-state index is 13.3. The molecule has 0 spiro atoms. The Morgan fingerprint density at radius 3 is 2.66 bits per heavy atom. The van der Waals surface area contributed by atoms with Gasteiger partial charge in [-0.25, -0.2) is 0 Å². The SMILES string of the molecule is CC(C)=CN1CCN(C(=O)c2cnc3c(c2)C(c2ccc4nccnc4c2)=CC3)CC1C. The number of hydrogen-bond donors (Lipinski definition) is 0. The van der Waals surface area contributed by atoms with Gasteiger partial charge in [-0.3, -0.25) is 19.7 Å². The zero-order valence-corrected chi connectivity index (χ0v) is 18.7. The number of amides is 1. The standard InChI is InChI=1S/C26H27N5O/c1-17(2)15-30-10-11-31(16-18(30)3)26(32)20-12-22-21(5-7-23(22)29-14-20)19-4-6-24-25(13-19)28-9-8-27-24/h4-6,8-9,12-15,18H,7,10-11,16H2,1-3H3. The molecule has 1 saturated heterocycles. The molecule has 5 rings (SSSR count). The summed E-state index contributed by atoms with van der Waals surface area (Å²) in [7, 11) is 0. The molecule has 0 N–H and O–H groups in total. The van der Waals surface area contributed by atoms with Crippen LogP contribution in [-0.4, -0.2) is 56.3 Å². The second kappa shape index (κ2) is 8.19. The van der Waals surface area contributed by atoms with Crippen LogP contribution in [0.25, 0.3) is 16.6 Å². The molecule has 1 aliphatic heterocycles. The molecule has 6 heteroatoms. The molecule has 3 heterocycles. The van der Waals surface area contributed by atoms with Crippen molar-refractivity contribution >= 4 is 22.5 Å². The maximum Gasteiger partial charge on any atom is 0.255 e. The lowest BCUT2D eigenvalue weighted by Gasteiger charge is -2.39. The van der Waals surface area contributed by atoms with Crippen molar-refractivity contribution in [3.8, 4) is 0 Å². The quantitative estimate of drug-likeness (QED) is 0.633. The van der Waals surface area contributed by atoms with Crippen LogP contribution in [0, 0.1) is 0 Å². The molecule has 1 fully saturated rings. The van der Waals surface area contributed by atoms with Gasteiger partial charge in [-0.2, -0.15) is 0 Å². The maximum atomic E-state index is 13.3. The van der Waals surface area contributed by atoms with Gasteiger partial charge in [-0.15, -0.1) is 0 Å². The van der Waals surface area contributed by atoms with E-state index >= 15 is 0 Å². The number of allylic oxidation sites excluding steroid dienone is 2. The minimum absolute atomic E-state index is 0.0552. The lowest BCUT2D eigenvalue weighted by Crippen LogP contribution is -2.51. The Balaban J connectivity index is 1.40. The van der Waals surface area contributed by atoms with Crippen LogP contribution in [0.5, 0.6) is 0 Å². The summed E-state index contributed by atoms with van der Waals surface area (Å²) in [5.74, 6) is 0.0552. The minimum Gasteiger partial charge on any atom is -0.371 e. The van der Waals surface area contributed by atoms with E-state index in [-0.39, 0.29) is 5.91 Å². The van der Waals surface area contributed by atoms with E-state index in [0.717, 1.165) is 52.9 Å². The summed E-state index contributed by atoms with van der Waals surface area (Å²) in [6, 6.07) is 8.42. The van der Waals surface area contributed by atoms with Gasteiger partial charge in [-0.1, -0.05) is 17.7 Å². The van der Waals surface area contributed by atoms with E-state index in [1.165, 1.54) is 5.57 Å². The number of hydrogen-bond acceptors (Lipinski definition) is 5. The topological polar surface area (TPSA) is 62.2 Å². The van der Waals surface area contributed by atoms with Gasteiger partial charge in [0.15, 0.2) is 0 Å². The molecule has 0 radical (unpaired) electrons. The van der Waals surface area contributed by atoms with E-state index in [0.29, 0.717) is 18.2 Å². The predicted molar refractivity (Wildman–Crippen MR) is 126 cm³/mol. The molecule has 1 aliphatic carbocycles. The zero-order chi connectivity index (χ0) is 22.2. The van der Waals surface area contributed by atoms with Crippen LogP contribution in [0.4, 0.5) is 0 Å². The van der Waals surface area contributed by atoms with Crippen molar-refractivity contribution in [2.45, 2.75) is 33.2 Å². The Bertz CT molecular complexity index is 1260. The number of rotatable bonds is 3. The van der Waals surface area contributed by atoms with Crippen LogP contribution in [0.3, 0.4) is 0 Å². The van der Waals surface area contributed by atoms with Gasteiger partial charge >= 0.3 is 0 Å². The van der Waals surface area contributed by atoms with Crippen LogP contribution >= 0.6 is 0 Å². The third kappa shape index (κ3) is 3.77. The van der Waals surface area contributed by atoms with Gasteiger partial charge in [0.1, 0.15) is 0 Å².